The average Bonchev–Trinajstić information content (AvgIpc) is 2.67. The topological polar surface area (TPSA) is 21.3 Å². The summed E-state index contributed by atoms with van der Waals surface area (Å²) in [5, 5.41) is 3.63. The van der Waals surface area contributed by atoms with E-state index in [1.165, 1.54) is 12.1 Å². The maximum atomic E-state index is 12.8. The maximum Gasteiger partial charge on any atom is 0.126 e. The van der Waals surface area contributed by atoms with Gasteiger partial charge in [-0.25, -0.2) is 4.39 Å². The number of hydrogen-bond acceptors (Lipinski definition) is 3. The Balaban J connectivity index is 1.85. The molecule has 1 aromatic carbocycles. The zero-order chi connectivity index (χ0) is 9.80. The maximum absolute atomic E-state index is 12.8. The molecule has 0 spiro atoms. The summed E-state index contributed by atoms with van der Waals surface area (Å²) in [6.07, 6.45) is 0. The van der Waals surface area contributed by atoms with Gasteiger partial charge in [-0.2, -0.15) is 0 Å². The molecule has 14 heavy (non-hydrogen) atoms. The van der Waals surface area contributed by atoms with E-state index < -0.39 is 0 Å². The smallest absolute Gasteiger partial charge is 0.126 e. The monoisotopic (exact) mass is 213 g/mol. The lowest BCUT2D eigenvalue weighted by Crippen LogP contribution is -2.26. The van der Waals surface area contributed by atoms with Crippen LogP contribution in [0.2, 0.25) is 0 Å². The lowest BCUT2D eigenvalue weighted by molar-refractivity contribution is 0.305. The Morgan fingerprint density at radius 1 is 1.57 bits per heavy atom. The second kappa shape index (κ2) is 4.66. The van der Waals surface area contributed by atoms with Crippen LogP contribution in [-0.4, -0.2) is 24.3 Å². The normalized spacial score (nSPS) is 21.1. The zero-order valence-corrected chi connectivity index (χ0v) is 8.52. The van der Waals surface area contributed by atoms with E-state index in [1.807, 2.05) is 11.8 Å². The van der Waals surface area contributed by atoms with Crippen LogP contribution in [-0.2, 0) is 0 Å². The van der Waals surface area contributed by atoms with Crippen LogP contribution in [0.4, 0.5) is 4.39 Å². The van der Waals surface area contributed by atoms with Crippen molar-refractivity contribution in [2.24, 2.45) is 0 Å². The van der Waals surface area contributed by atoms with Crippen molar-refractivity contribution in [2.45, 2.75) is 5.37 Å². The molecule has 0 aliphatic carbocycles. The van der Waals surface area contributed by atoms with Gasteiger partial charge in [0.25, 0.3) is 0 Å². The van der Waals surface area contributed by atoms with E-state index >= 15 is 0 Å². The minimum atomic E-state index is -0.255. The van der Waals surface area contributed by atoms with E-state index in [4.69, 9.17) is 4.74 Å². The SMILES string of the molecule is Fc1cccc(OC[C@@H]2NCCS2)c1. The van der Waals surface area contributed by atoms with Crippen LogP contribution < -0.4 is 10.1 Å². The third-order valence-corrected chi connectivity index (χ3v) is 3.14. The molecule has 76 valence electrons. The van der Waals surface area contributed by atoms with Gasteiger partial charge in [0.1, 0.15) is 18.2 Å². The summed E-state index contributed by atoms with van der Waals surface area (Å²) in [5.41, 5.74) is 0. The van der Waals surface area contributed by atoms with E-state index in [0.29, 0.717) is 17.7 Å². The Hall–Kier alpha value is -0.740. The molecule has 0 unspecified atom stereocenters. The number of ether oxygens (including phenoxy) is 1. The molecule has 1 atom stereocenters. The number of nitrogens with one attached hydrogen (secondary N) is 1. The van der Waals surface area contributed by atoms with Crippen LogP contribution in [0, 0.1) is 5.82 Å². The van der Waals surface area contributed by atoms with Crippen molar-refractivity contribution < 1.29 is 9.13 Å². The van der Waals surface area contributed by atoms with E-state index in [0.717, 1.165) is 12.3 Å². The molecule has 1 aromatic rings. The van der Waals surface area contributed by atoms with Crippen LogP contribution in [0.3, 0.4) is 0 Å². The van der Waals surface area contributed by atoms with Crippen molar-refractivity contribution in [2.75, 3.05) is 18.9 Å². The van der Waals surface area contributed by atoms with Crippen molar-refractivity contribution >= 4 is 11.8 Å². The van der Waals surface area contributed by atoms with Gasteiger partial charge < -0.3 is 10.1 Å². The molecule has 1 aliphatic rings. The van der Waals surface area contributed by atoms with Crippen LogP contribution in [0.15, 0.2) is 24.3 Å². The molecule has 0 radical (unpaired) electrons. The summed E-state index contributed by atoms with van der Waals surface area (Å²) in [5.74, 6) is 1.46. The van der Waals surface area contributed by atoms with Crippen LogP contribution in [0.1, 0.15) is 0 Å². The van der Waals surface area contributed by atoms with Gasteiger partial charge >= 0.3 is 0 Å². The van der Waals surface area contributed by atoms with Gasteiger partial charge in [0, 0.05) is 18.4 Å². The fraction of sp³-hybridized carbons (Fsp3) is 0.400. The molecule has 1 fully saturated rings. The first kappa shape index (κ1) is 9.80. The summed E-state index contributed by atoms with van der Waals surface area (Å²) in [7, 11) is 0. The third-order valence-electron chi connectivity index (χ3n) is 1.99. The Kier molecular flexibility index (Phi) is 3.26. The van der Waals surface area contributed by atoms with E-state index in [2.05, 4.69) is 5.32 Å². The van der Waals surface area contributed by atoms with Crippen LogP contribution in [0.25, 0.3) is 0 Å². The van der Waals surface area contributed by atoms with Crippen molar-refractivity contribution in [3.63, 3.8) is 0 Å². The highest BCUT2D eigenvalue weighted by molar-refractivity contribution is 8.00. The fourth-order valence-corrected chi connectivity index (χ4v) is 2.24. The predicted octanol–water partition coefficient (Wildman–Crippen LogP) is 1.87. The summed E-state index contributed by atoms with van der Waals surface area (Å²) in [6.45, 7) is 1.62. The molecule has 0 bridgehead atoms. The molecule has 2 nitrogen and oxygen atoms in total. The summed E-state index contributed by atoms with van der Waals surface area (Å²) < 4.78 is 18.2. The highest BCUT2D eigenvalue weighted by atomic mass is 32.2. The van der Waals surface area contributed by atoms with Gasteiger partial charge in [-0.05, 0) is 12.1 Å². The largest absolute Gasteiger partial charge is 0.491 e. The number of hydrogen-bond donors (Lipinski definition) is 1. The predicted molar refractivity (Wildman–Crippen MR) is 56.1 cm³/mol. The molecule has 1 N–H and O–H groups in total. The molecule has 2 rings (SSSR count). The first-order chi connectivity index (χ1) is 6.84. The minimum Gasteiger partial charge on any atom is -0.491 e. The fourth-order valence-electron chi connectivity index (χ4n) is 1.32. The van der Waals surface area contributed by atoms with Gasteiger partial charge in [0.2, 0.25) is 0 Å². The Bertz CT molecular complexity index is 302. The van der Waals surface area contributed by atoms with Gasteiger partial charge in [0.05, 0.1) is 5.37 Å². The Morgan fingerprint density at radius 2 is 2.50 bits per heavy atom. The van der Waals surface area contributed by atoms with Crippen LogP contribution >= 0.6 is 11.8 Å². The summed E-state index contributed by atoms with van der Waals surface area (Å²) in [6, 6.07) is 6.23. The molecular weight excluding hydrogens is 201 g/mol. The zero-order valence-electron chi connectivity index (χ0n) is 7.70. The lowest BCUT2D eigenvalue weighted by atomic mass is 10.3. The number of rotatable bonds is 3. The van der Waals surface area contributed by atoms with Gasteiger partial charge in [-0.15, -0.1) is 11.8 Å². The highest BCUT2D eigenvalue weighted by Crippen LogP contribution is 2.17. The quantitative estimate of drug-likeness (QED) is 0.828. The van der Waals surface area contributed by atoms with E-state index in [9.17, 15) is 4.39 Å². The molecular formula is C10H12FNOS. The second-order valence-corrected chi connectivity index (χ2v) is 4.39. The average molecular weight is 213 g/mol. The summed E-state index contributed by atoms with van der Waals surface area (Å²) in [4.78, 5) is 0. The van der Waals surface area contributed by atoms with E-state index in [1.54, 1.807) is 12.1 Å². The van der Waals surface area contributed by atoms with Gasteiger partial charge in [-0.3, -0.25) is 0 Å². The number of thioether (sulfide) groups is 1. The Labute approximate surface area is 86.8 Å². The van der Waals surface area contributed by atoms with Crippen molar-refractivity contribution in [3.8, 4) is 5.75 Å². The van der Waals surface area contributed by atoms with Crippen molar-refractivity contribution in [3.05, 3.63) is 30.1 Å². The molecule has 0 amide bonds. The molecule has 0 aromatic heterocycles. The lowest BCUT2D eigenvalue weighted by Gasteiger charge is -2.11. The van der Waals surface area contributed by atoms with Crippen molar-refractivity contribution in [1.82, 2.24) is 5.32 Å². The number of benzene rings is 1. The molecule has 0 saturated carbocycles. The first-order valence-electron chi connectivity index (χ1n) is 4.58. The standard InChI is InChI=1S/C10H12FNOS/c11-8-2-1-3-9(6-8)13-7-10-12-4-5-14-10/h1-3,6,10,12H,4-5,7H2/t10-/m1/s1. The van der Waals surface area contributed by atoms with Gasteiger partial charge in [0.15, 0.2) is 0 Å². The first-order valence-corrected chi connectivity index (χ1v) is 5.63. The summed E-state index contributed by atoms with van der Waals surface area (Å²) >= 11 is 1.84. The van der Waals surface area contributed by atoms with Gasteiger partial charge in [-0.1, -0.05) is 6.07 Å². The minimum absolute atomic E-state index is 0.255. The number of halogens is 1. The van der Waals surface area contributed by atoms with E-state index in [-0.39, 0.29) is 5.82 Å². The molecule has 4 heteroatoms. The van der Waals surface area contributed by atoms with Crippen molar-refractivity contribution in [1.29, 1.82) is 0 Å². The van der Waals surface area contributed by atoms with Crippen LogP contribution in [0.5, 0.6) is 5.75 Å². The second-order valence-electron chi connectivity index (χ2n) is 3.08. The molecule has 1 heterocycles. The third kappa shape index (κ3) is 2.62. The highest BCUT2D eigenvalue weighted by Gasteiger charge is 2.14. The Morgan fingerprint density at radius 3 is 3.21 bits per heavy atom. The molecule has 1 saturated heterocycles. The molecule has 1 aliphatic heterocycles.